The van der Waals surface area contributed by atoms with Gasteiger partial charge in [-0.3, -0.25) is 0 Å². The zero-order valence-corrected chi connectivity index (χ0v) is 14.1. The van der Waals surface area contributed by atoms with Gasteiger partial charge >= 0.3 is 0 Å². The van der Waals surface area contributed by atoms with Crippen LogP contribution in [-0.2, 0) is 6.61 Å². The molecule has 0 bridgehead atoms. The molecule has 0 radical (unpaired) electrons. The lowest BCUT2D eigenvalue weighted by Gasteiger charge is -2.17. The Morgan fingerprint density at radius 2 is 2.10 bits per heavy atom. The number of hydrogen-bond donors (Lipinski definition) is 1. The number of nitrogens with one attached hydrogen (secondary N) is 1. The van der Waals surface area contributed by atoms with Crippen LogP contribution in [0.25, 0.3) is 0 Å². The average Bonchev–Trinajstić information content (AvgIpc) is 2.48. The number of hydrogen-bond acceptors (Lipinski definition) is 2. The van der Waals surface area contributed by atoms with Gasteiger partial charge in [0.1, 0.15) is 18.2 Å². The molecule has 2 rings (SSSR count). The highest BCUT2D eigenvalue weighted by molar-refractivity contribution is 9.10. The van der Waals surface area contributed by atoms with Crippen LogP contribution in [0.5, 0.6) is 5.75 Å². The Balaban J connectivity index is 2.23. The molecule has 0 aromatic heterocycles. The van der Waals surface area contributed by atoms with Crippen LogP contribution in [-0.4, -0.2) is 7.05 Å². The molecule has 0 saturated heterocycles. The number of rotatable bonds is 5. The quantitative estimate of drug-likeness (QED) is 0.788. The van der Waals surface area contributed by atoms with E-state index in [1.54, 1.807) is 12.1 Å². The molecule has 0 heterocycles. The van der Waals surface area contributed by atoms with Crippen LogP contribution in [0.4, 0.5) is 4.39 Å². The molecule has 0 spiro atoms. The molecule has 21 heavy (non-hydrogen) atoms. The van der Waals surface area contributed by atoms with Gasteiger partial charge in [0.25, 0.3) is 0 Å². The van der Waals surface area contributed by atoms with Crippen LogP contribution in [0, 0.1) is 5.82 Å². The summed E-state index contributed by atoms with van der Waals surface area (Å²) in [7, 11) is 1.89. The van der Waals surface area contributed by atoms with Gasteiger partial charge in [-0.05, 0) is 32.2 Å². The first-order valence-corrected chi connectivity index (χ1v) is 7.72. The molecule has 0 aliphatic rings. The van der Waals surface area contributed by atoms with E-state index in [9.17, 15) is 4.39 Å². The summed E-state index contributed by atoms with van der Waals surface area (Å²) in [6.45, 7) is 2.27. The summed E-state index contributed by atoms with van der Waals surface area (Å²) in [4.78, 5) is 0. The summed E-state index contributed by atoms with van der Waals surface area (Å²) < 4.78 is 20.2. The lowest BCUT2D eigenvalue weighted by molar-refractivity contribution is 0.299. The molecule has 1 N–H and O–H groups in total. The highest BCUT2D eigenvalue weighted by atomic mass is 79.9. The summed E-state index contributed by atoms with van der Waals surface area (Å²) in [5.74, 6) is 0.308. The Labute approximate surface area is 137 Å². The molecule has 0 saturated carbocycles. The van der Waals surface area contributed by atoms with Crippen molar-refractivity contribution in [1.29, 1.82) is 0 Å². The van der Waals surface area contributed by atoms with Gasteiger partial charge in [-0.15, -0.1) is 0 Å². The number of halogens is 3. The van der Waals surface area contributed by atoms with E-state index >= 15 is 0 Å². The van der Waals surface area contributed by atoms with Crippen molar-refractivity contribution in [2.45, 2.75) is 19.6 Å². The highest BCUT2D eigenvalue weighted by Crippen LogP contribution is 2.30. The average molecular weight is 373 g/mol. The number of ether oxygens (including phenoxy) is 1. The Hall–Kier alpha value is -1.10. The summed E-state index contributed by atoms with van der Waals surface area (Å²) in [5, 5.41) is 3.29. The Kier molecular flexibility index (Phi) is 5.62. The molecule has 5 heteroatoms. The third kappa shape index (κ3) is 3.96. The van der Waals surface area contributed by atoms with Crippen LogP contribution in [0.2, 0.25) is 5.02 Å². The SMILES string of the molecule is CNC(C)c1ccc(Br)cc1OCc1cccc(F)c1Cl. The molecular formula is C16H16BrClFNO. The topological polar surface area (TPSA) is 21.3 Å². The van der Waals surface area contributed by atoms with Gasteiger partial charge in [-0.1, -0.05) is 45.7 Å². The van der Waals surface area contributed by atoms with Crippen LogP contribution in [0.15, 0.2) is 40.9 Å². The fourth-order valence-electron chi connectivity index (χ4n) is 1.96. The molecule has 1 unspecified atom stereocenters. The highest BCUT2D eigenvalue weighted by Gasteiger charge is 2.12. The summed E-state index contributed by atoms with van der Waals surface area (Å²) >= 11 is 9.38. The zero-order valence-electron chi connectivity index (χ0n) is 11.8. The van der Waals surface area contributed by atoms with E-state index in [2.05, 4.69) is 21.2 Å². The molecule has 2 nitrogen and oxygen atoms in total. The van der Waals surface area contributed by atoms with Crippen LogP contribution in [0.3, 0.4) is 0 Å². The molecule has 0 aliphatic carbocycles. The maximum Gasteiger partial charge on any atom is 0.142 e. The molecule has 0 fully saturated rings. The van der Waals surface area contributed by atoms with Gasteiger partial charge < -0.3 is 10.1 Å². The fourth-order valence-corrected chi connectivity index (χ4v) is 2.48. The Morgan fingerprint density at radius 3 is 2.81 bits per heavy atom. The van der Waals surface area contributed by atoms with Crippen molar-refractivity contribution in [1.82, 2.24) is 5.32 Å². The lowest BCUT2D eigenvalue weighted by atomic mass is 10.1. The minimum atomic E-state index is -0.434. The second-order valence-corrected chi connectivity index (χ2v) is 5.99. The van der Waals surface area contributed by atoms with Gasteiger partial charge in [0.15, 0.2) is 0 Å². The van der Waals surface area contributed by atoms with Crippen molar-refractivity contribution >= 4 is 27.5 Å². The van der Waals surface area contributed by atoms with Crippen molar-refractivity contribution in [3.05, 3.63) is 62.8 Å². The molecular weight excluding hydrogens is 357 g/mol. The van der Waals surface area contributed by atoms with Crippen molar-refractivity contribution in [2.75, 3.05) is 7.05 Å². The molecule has 1 atom stereocenters. The van der Waals surface area contributed by atoms with Gasteiger partial charge in [0.05, 0.1) is 5.02 Å². The maximum absolute atomic E-state index is 13.4. The van der Waals surface area contributed by atoms with E-state index in [0.29, 0.717) is 5.56 Å². The number of benzene rings is 2. The first kappa shape index (κ1) is 16.3. The van der Waals surface area contributed by atoms with E-state index in [1.807, 2.05) is 32.2 Å². The predicted molar refractivity (Wildman–Crippen MR) is 87.4 cm³/mol. The standard InChI is InChI=1S/C16H16BrClFNO/c1-10(20-2)13-7-6-12(17)8-15(13)21-9-11-4-3-5-14(19)16(11)18/h3-8,10,20H,9H2,1-2H3. The Bertz CT molecular complexity index is 636. The van der Waals surface area contributed by atoms with Crippen molar-refractivity contribution in [3.8, 4) is 5.75 Å². The third-order valence-electron chi connectivity index (χ3n) is 3.29. The van der Waals surface area contributed by atoms with E-state index in [-0.39, 0.29) is 17.7 Å². The first-order valence-electron chi connectivity index (χ1n) is 6.55. The van der Waals surface area contributed by atoms with Crippen LogP contribution >= 0.6 is 27.5 Å². The lowest BCUT2D eigenvalue weighted by Crippen LogP contribution is -2.13. The van der Waals surface area contributed by atoms with Crippen LogP contribution < -0.4 is 10.1 Å². The van der Waals surface area contributed by atoms with Crippen LogP contribution in [0.1, 0.15) is 24.1 Å². The molecule has 0 aliphatic heterocycles. The van der Waals surface area contributed by atoms with Gasteiger partial charge in [-0.2, -0.15) is 0 Å². The van der Waals surface area contributed by atoms with E-state index in [0.717, 1.165) is 15.8 Å². The Morgan fingerprint density at radius 1 is 1.33 bits per heavy atom. The van der Waals surface area contributed by atoms with E-state index in [1.165, 1.54) is 6.07 Å². The molecule has 112 valence electrons. The molecule has 2 aromatic carbocycles. The van der Waals surface area contributed by atoms with Gasteiger partial charge in [-0.25, -0.2) is 4.39 Å². The summed E-state index contributed by atoms with van der Waals surface area (Å²) in [6, 6.07) is 10.7. The summed E-state index contributed by atoms with van der Waals surface area (Å²) in [5.41, 5.74) is 1.66. The second-order valence-electron chi connectivity index (χ2n) is 4.69. The fraction of sp³-hybridized carbons (Fsp3) is 0.250. The second kappa shape index (κ2) is 7.25. The summed E-state index contributed by atoms with van der Waals surface area (Å²) in [6.07, 6.45) is 0. The largest absolute Gasteiger partial charge is 0.488 e. The first-order chi connectivity index (χ1) is 10.0. The van der Waals surface area contributed by atoms with Gasteiger partial charge in [0, 0.05) is 21.6 Å². The van der Waals surface area contributed by atoms with Crippen molar-refractivity contribution in [2.24, 2.45) is 0 Å². The van der Waals surface area contributed by atoms with Crippen molar-refractivity contribution < 1.29 is 9.13 Å². The van der Waals surface area contributed by atoms with E-state index < -0.39 is 5.82 Å². The maximum atomic E-state index is 13.4. The minimum Gasteiger partial charge on any atom is -0.488 e. The third-order valence-corrected chi connectivity index (χ3v) is 4.21. The minimum absolute atomic E-state index is 0.107. The van der Waals surface area contributed by atoms with Gasteiger partial charge in [0.2, 0.25) is 0 Å². The molecule has 0 amide bonds. The predicted octanol–water partition coefficient (Wildman–Crippen LogP) is 5.10. The normalized spacial score (nSPS) is 12.2. The molecule has 2 aromatic rings. The van der Waals surface area contributed by atoms with E-state index in [4.69, 9.17) is 16.3 Å². The smallest absolute Gasteiger partial charge is 0.142 e. The monoisotopic (exact) mass is 371 g/mol. The zero-order chi connectivity index (χ0) is 15.4. The van der Waals surface area contributed by atoms with Crippen molar-refractivity contribution in [3.63, 3.8) is 0 Å².